The number of nitrogens with zero attached hydrogens (tertiary/aromatic N) is 3. The maximum atomic E-state index is 12.3. The van der Waals surface area contributed by atoms with Crippen molar-refractivity contribution in [3.8, 4) is 11.4 Å². The minimum Gasteiger partial charge on any atom is -0.444 e. The fourth-order valence-electron chi connectivity index (χ4n) is 3.90. The number of likely N-dealkylation sites (tertiary alicyclic amines) is 1. The number of aryl methyl sites for hydroxylation is 1. The van der Waals surface area contributed by atoms with Crippen LogP contribution in [0.5, 0.6) is 0 Å². The number of benzene rings is 1. The van der Waals surface area contributed by atoms with Gasteiger partial charge in [0.1, 0.15) is 5.60 Å². The van der Waals surface area contributed by atoms with Crippen molar-refractivity contribution in [3.63, 3.8) is 0 Å². The predicted molar refractivity (Wildman–Crippen MR) is 122 cm³/mol. The minimum absolute atomic E-state index is 0.0562. The molecule has 170 valence electrons. The zero-order valence-corrected chi connectivity index (χ0v) is 19.5. The van der Waals surface area contributed by atoms with Crippen LogP contribution in [0, 0.1) is 0 Å². The average molecular weight is 428 g/mol. The molecule has 0 aliphatic carbocycles. The molecule has 1 amide bonds. The van der Waals surface area contributed by atoms with Gasteiger partial charge in [0.15, 0.2) is 0 Å². The van der Waals surface area contributed by atoms with E-state index in [1.807, 2.05) is 20.8 Å². The molecule has 1 unspecified atom stereocenters. The maximum absolute atomic E-state index is 12.3. The first-order chi connectivity index (χ1) is 14.9. The van der Waals surface area contributed by atoms with E-state index in [1.54, 1.807) is 4.90 Å². The molecule has 0 saturated carbocycles. The van der Waals surface area contributed by atoms with E-state index in [-0.39, 0.29) is 12.0 Å². The van der Waals surface area contributed by atoms with Crippen molar-refractivity contribution in [2.45, 2.75) is 90.6 Å². The Hall–Kier alpha value is -2.37. The molecule has 31 heavy (non-hydrogen) atoms. The van der Waals surface area contributed by atoms with Gasteiger partial charge in [0.05, 0.1) is 5.92 Å². The average Bonchev–Trinajstić information content (AvgIpc) is 3.39. The summed E-state index contributed by atoms with van der Waals surface area (Å²) in [6, 6.07) is 8.47. The van der Waals surface area contributed by atoms with E-state index in [2.05, 4.69) is 41.3 Å². The molecule has 2 aromatic rings. The van der Waals surface area contributed by atoms with Crippen LogP contribution in [0.4, 0.5) is 4.79 Å². The summed E-state index contributed by atoms with van der Waals surface area (Å²) in [7, 11) is 0. The molecular weight excluding hydrogens is 390 g/mol. The first kappa shape index (κ1) is 23.3. The Morgan fingerprint density at radius 2 is 1.84 bits per heavy atom. The Morgan fingerprint density at radius 3 is 2.55 bits per heavy atom. The third-order valence-electron chi connectivity index (χ3n) is 5.66. The molecule has 1 aromatic carbocycles. The van der Waals surface area contributed by atoms with E-state index in [0.717, 1.165) is 18.4 Å². The van der Waals surface area contributed by atoms with Crippen LogP contribution in [-0.4, -0.2) is 39.8 Å². The zero-order chi connectivity index (χ0) is 22.3. The molecule has 3 rings (SSSR count). The van der Waals surface area contributed by atoms with Gasteiger partial charge >= 0.3 is 6.09 Å². The van der Waals surface area contributed by atoms with Gasteiger partial charge in [0.25, 0.3) is 0 Å². The fraction of sp³-hybridized carbons (Fsp3) is 0.640. The molecule has 1 saturated heterocycles. The molecule has 2 heterocycles. The molecule has 6 heteroatoms. The minimum atomic E-state index is -0.492. The van der Waals surface area contributed by atoms with E-state index >= 15 is 0 Å². The van der Waals surface area contributed by atoms with E-state index in [0.29, 0.717) is 24.8 Å². The number of ether oxygens (including phenoxy) is 1. The normalized spacial score (nSPS) is 16.6. The third-order valence-corrected chi connectivity index (χ3v) is 5.66. The van der Waals surface area contributed by atoms with Crippen molar-refractivity contribution >= 4 is 6.09 Å². The fourth-order valence-corrected chi connectivity index (χ4v) is 3.90. The summed E-state index contributed by atoms with van der Waals surface area (Å²) in [6.45, 7) is 9.07. The maximum Gasteiger partial charge on any atom is 0.410 e. The Kier molecular flexibility index (Phi) is 8.10. The van der Waals surface area contributed by atoms with Gasteiger partial charge in [0, 0.05) is 18.7 Å². The Labute approximate surface area is 186 Å². The van der Waals surface area contributed by atoms with Crippen molar-refractivity contribution in [1.29, 1.82) is 0 Å². The summed E-state index contributed by atoms with van der Waals surface area (Å²) in [4.78, 5) is 18.6. The van der Waals surface area contributed by atoms with Crippen molar-refractivity contribution in [1.82, 2.24) is 15.0 Å². The third kappa shape index (κ3) is 7.08. The Bertz CT molecular complexity index is 823. The Balaban J connectivity index is 1.50. The number of rotatable bonds is 9. The van der Waals surface area contributed by atoms with Gasteiger partial charge in [-0.3, -0.25) is 0 Å². The lowest BCUT2D eigenvalue weighted by molar-refractivity contribution is 0.0291. The van der Waals surface area contributed by atoms with E-state index in [4.69, 9.17) is 9.26 Å². The number of amides is 1. The number of carbonyl (C=O) groups is 1. The van der Waals surface area contributed by atoms with Gasteiger partial charge in [0.2, 0.25) is 11.7 Å². The lowest BCUT2D eigenvalue weighted by Gasteiger charge is -2.24. The highest BCUT2D eigenvalue weighted by Crippen LogP contribution is 2.29. The van der Waals surface area contributed by atoms with Crippen LogP contribution in [0.3, 0.4) is 0 Å². The second-order valence-electron chi connectivity index (χ2n) is 9.58. The summed E-state index contributed by atoms with van der Waals surface area (Å²) in [5.41, 5.74) is 1.82. The second kappa shape index (κ2) is 10.8. The van der Waals surface area contributed by atoms with Crippen LogP contribution in [0.2, 0.25) is 0 Å². The monoisotopic (exact) mass is 427 g/mol. The summed E-state index contributed by atoms with van der Waals surface area (Å²) in [6.07, 6.45) is 9.52. The molecule has 1 aliphatic heterocycles. The SMILES string of the molecule is CCCCCCCCc1ccc(-c2noc(C3CCN(C(=O)OC(C)(C)C)C3)n2)cc1. The van der Waals surface area contributed by atoms with Crippen LogP contribution in [0.25, 0.3) is 11.4 Å². The van der Waals surface area contributed by atoms with Gasteiger partial charge in [-0.1, -0.05) is 68.4 Å². The van der Waals surface area contributed by atoms with Gasteiger partial charge in [-0.25, -0.2) is 4.79 Å². The summed E-state index contributed by atoms with van der Waals surface area (Å²) >= 11 is 0. The van der Waals surface area contributed by atoms with Crippen molar-refractivity contribution < 1.29 is 14.1 Å². The van der Waals surface area contributed by atoms with Crippen molar-refractivity contribution in [2.24, 2.45) is 0 Å². The number of hydrogen-bond donors (Lipinski definition) is 0. The highest BCUT2D eigenvalue weighted by molar-refractivity contribution is 5.68. The smallest absolute Gasteiger partial charge is 0.410 e. The van der Waals surface area contributed by atoms with Crippen molar-refractivity contribution in [3.05, 3.63) is 35.7 Å². The predicted octanol–water partition coefficient (Wildman–Crippen LogP) is 6.36. The van der Waals surface area contributed by atoms with Crippen LogP contribution < -0.4 is 0 Å². The molecule has 6 nitrogen and oxygen atoms in total. The van der Waals surface area contributed by atoms with Crippen LogP contribution in [0.1, 0.15) is 90.0 Å². The zero-order valence-electron chi connectivity index (χ0n) is 19.5. The lowest BCUT2D eigenvalue weighted by Crippen LogP contribution is -2.35. The van der Waals surface area contributed by atoms with Crippen molar-refractivity contribution in [2.75, 3.05) is 13.1 Å². The molecule has 0 N–H and O–H groups in total. The molecule has 1 aliphatic rings. The van der Waals surface area contributed by atoms with Gasteiger partial charge in [-0.2, -0.15) is 4.98 Å². The molecule has 1 aromatic heterocycles. The number of unbranched alkanes of at least 4 members (excludes halogenated alkanes) is 5. The molecule has 0 spiro atoms. The quantitative estimate of drug-likeness (QED) is 0.435. The molecular formula is C25H37N3O3. The molecule has 0 bridgehead atoms. The topological polar surface area (TPSA) is 68.5 Å². The van der Waals surface area contributed by atoms with Crippen LogP contribution >= 0.6 is 0 Å². The first-order valence-corrected chi connectivity index (χ1v) is 11.8. The molecule has 0 radical (unpaired) electrons. The van der Waals surface area contributed by atoms with E-state index in [9.17, 15) is 4.79 Å². The number of aromatic nitrogens is 2. The van der Waals surface area contributed by atoms with Gasteiger partial charge in [-0.15, -0.1) is 0 Å². The summed E-state index contributed by atoms with van der Waals surface area (Å²) in [5.74, 6) is 1.26. The first-order valence-electron chi connectivity index (χ1n) is 11.8. The molecule has 1 atom stereocenters. The Morgan fingerprint density at radius 1 is 1.13 bits per heavy atom. The highest BCUT2D eigenvalue weighted by Gasteiger charge is 2.33. The van der Waals surface area contributed by atoms with Crippen LogP contribution in [-0.2, 0) is 11.2 Å². The highest BCUT2D eigenvalue weighted by atomic mass is 16.6. The van der Waals surface area contributed by atoms with E-state index in [1.165, 1.54) is 44.1 Å². The van der Waals surface area contributed by atoms with Gasteiger partial charge < -0.3 is 14.2 Å². The lowest BCUT2D eigenvalue weighted by atomic mass is 10.0. The number of carbonyl (C=O) groups excluding carboxylic acids is 1. The largest absolute Gasteiger partial charge is 0.444 e. The standard InChI is InChI=1S/C25H37N3O3/c1-5-6-7-8-9-10-11-19-12-14-20(15-13-19)22-26-23(31-27-22)21-16-17-28(18-21)24(29)30-25(2,3)4/h12-15,21H,5-11,16-18H2,1-4H3. The van der Waals surface area contributed by atoms with E-state index < -0.39 is 5.60 Å². The van der Waals surface area contributed by atoms with Crippen LogP contribution in [0.15, 0.2) is 28.8 Å². The molecule has 1 fully saturated rings. The summed E-state index contributed by atoms with van der Waals surface area (Å²) in [5, 5.41) is 4.17. The second-order valence-corrected chi connectivity index (χ2v) is 9.58. The van der Waals surface area contributed by atoms with Gasteiger partial charge in [-0.05, 0) is 45.6 Å². The summed E-state index contributed by atoms with van der Waals surface area (Å²) < 4.78 is 11.0. The number of hydrogen-bond acceptors (Lipinski definition) is 5.